The largest absolute Gasteiger partial charge is 0.309 e. The van der Waals surface area contributed by atoms with Crippen molar-refractivity contribution in [3.8, 4) is 0 Å². The molecule has 0 aromatic carbocycles. The summed E-state index contributed by atoms with van der Waals surface area (Å²) in [5.41, 5.74) is 2.45. The van der Waals surface area contributed by atoms with Gasteiger partial charge in [-0.15, -0.1) is 0 Å². The van der Waals surface area contributed by atoms with Crippen LogP contribution in [-0.2, 0) is 0 Å². The minimum absolute atomic E-state index is 0.487. The second-order valence-corrected chi connectivity index (χ2v) is 4.79. The van der Waals surface area contributed by atoms with Crippen molar-refractivity contribution in [2.75, 3.05) is 13.1 Å². The van der Waals surface area contributed by atoms with E-state index in [1.54, 1.807) is 0 Å². The monoisotopic (exact) mass is 217 g/mol. The standard InChI is InChI=1S/C13H19N3/c1-4-12(10-6-2-8-14-10)16-13(5-1)11-7-3-9-15-11/h1,4-5,10-11,14-15H,2-3,6-9H2/t10-,11+. The van der Waals surface area contributed by atoms with Gasteiger partial charge in [0.05, 0.1) is 11.4 Å². The summed E-state index contributed by atoms with van der Waals surface area (Å²) in [6, 6.07) is 7.43. The molecule has 0 unspecified atom stereocenters. The average Bonchev–Trinajstić information content (AvgIpc) is 3.03. The Labute approximate surface area is 96.7 Å². The van der Waals surface area contributed by atoms with Gasteiger partial charge in [0.25, 0.3) is 0 Å². The van der Waals surface area contributed by atoms with E-state index in [9.17, 15) is 0 Å². The fourth-order valence-electron chi connectivity index (χ4n) is 2.73. The minimum Gasteiger partial charge on any atom is -0.309 e. The van der Waals surface area contributed by atoms with Crippen LogP contribution in [0.5, 0.6) is 0 Å². The Balaban J connectivity index is 1.81. The van der Waals surface area contributed by atoms with Crippen LogP contribution in [0.3, 0.4) is 0 Å². The number of nitrogens with zero attached hydrogens (tertiary/aromatic N) is 1. The predicted octanol–water partition coefficient (Wildman–Crippen LogP) is 1.93. The van der Waals surface area contributed by atoms with Crippen molar-refractivity contribution in [1.29, 1.82) is 0 Å². The first-order valence-corrected chi connectivity index (χ1v) is 6.37. The fraction of sp³-hybridized carbons (Fsp3) is 0.615. The molecule has 3 heteroatoms. The second-order valence-electron chi connectivity index (χ2n) is 4.79. The average molecular weight is 217 g/mol. The van der Waals surface area contributed by atoms with Gasteiger partial charge in [0.1, 0.15) is 0 Å². The summed E-state index contributed by atoms with van der Waals surface area (Å²) in [5.74, 6) is 0. The van der Waals surface area contributed by atoms with Crippen molar-refractivity contribution in [2.45, 2.75) is 37.8 Å². The number of rotatable bonds is 2. The van der Waals surface area contributed by atoms with Gasteiger partial charge in [-0.2, -0.15) is 0 Å². The smallest absolute Gasteiger partial charge is 0.0577 e. The third-order valence-electron chi connectivity index (χ3n) is 3.63. The first-order valence-electron chi connectivity index (χ1n) is 6.37. The maximum absolute atomic E-state index is 4.81. The van der Waals surface area contributed by atoms with Crippen molar-refractivity contribution >= 4 is 0 Å². The zero-order valence-corrected chi connectivity index (χ0v) is 9.58. The van der Waals surface area contributed by atoms with Crippen molar-refractivity contribution in [3.63, 3.8) is 0 Å². The van der Waals surface area contributed by atoms with E-state index in [-0.39, 0.29) is 0 Å². The lowest BCUT2D eigenvalue weighted by atomic mass is 10.1. The van der Waals surface area contributed by atoms with Crippen molar-refractivity contribution in [3.05, 3.63) is 29.6 Å². The summed E-state index contributed by atoms with van der Waals surface area (Å²) in [5, 5.41) is 7.02. The van der Waals surface area contributed by atoms with Crippen LogP contribution in [0.1, 0.15) is 49.2 Å². The van der Waals surface area contributed by atoms with E-state index in [4.69, 9.17) is 4.98 Å². The Morgan fingerprint density at radius 3 is 1.94 bits per heavy atom. The molecule has 3 heterocycles. The topological polar surface area (TPSA) is 37.0 Å². The highest BCUT2D eigenvalue weighted by Crippen LogP contribution is 2.25. The van der Waals surface area contributed by atoms with Crippen molar-refractivity contribution in [1.82, 2.24) is 15.6 Å². The third-order valence-corrected chi connectivity index (χ3v) is 3.63. The molecule has 0 saturated carbocycles. The molecule has 2 atom stereocenters. The lowest BCUT2D eigenvalue weighted by molar-refractivity contribution is 0.593. The van der Waals surface area contributed by atoms with Gasteiger partial charge in [-0.25, -0.2) is 0 Å². The van der Waals surface area contributed by atoms with Crippen LogP contribution >= 0.6 is 0 Å². The number of hydrogen-bond acceptors (Lipinski definition) is 3. The highest BCUT2D eigenvalue weighted by Gasteiger charge is 2.21. The van der Waals surface area contributed by atoms with E-state index >= 15 is 0 Å². The fourth-order valence-corrected chi connectivity index (χ4v) is 2.73. The molecule has 2 aliphatic rings. The maximum Gasteiger partial charge on any atom is 0.0577 e. The summed E-state index contributed by atoms with van der Waals surface area (Å²) >= 11 is 0. The molecule has 3 nitrogen and oxygen atoms in total. The normalized spacial score (nSPS) is 29.8. The number of aromatic nitrogens is 1. The van der Waals surface area contributed by atoms with Gasteiger partial charge >= 0.3 is 0 Å². The molecule has 1 aromatic heterocycles. The third kappa shape index (κ3) is 1.97. The van der Waals surface area contributed by atoms with Crippen LogP contribution in [0, 0.1) is 0 Å². The van der Waals surface area contributed by atoms with Crippen LogP contribution in [0.25, 0.3) is 0 Å². The van der Waals surface area contributed by atoms with E-state index in [0.29, 0.717) is 12.1 Å². The van der Waals surface area contributed by atoms with Gasteiger partial charge in [-0.1, -0.05) is 6.07 Å². The molecule has 2 saturated heterocycles. The highest BCUT2D eigenvalue weighted by atomic mass is 15.0. The van der Waals surface area contributed by atoms with Crippen molar-refractivity contribution in [2.24, 2.45) is 0 Å². The van der Waals surface area contributed by atoms with Crippen LogP contribution in [-0.4, -0.2) is 18.1 Å². The van der Waals surface area contributed by atoms with Gasteiger partial charge in [0, 0.05) is 12.1 Å². The van der Waals surface area contributed by atoms with E-state index in [0.717, 1.165) is 13.1 Å². The Morgan fingerprint density at radius 2 is 1.50 bits per heavy atom. The molecule has 16 heavy (non-hydrogen) atoms. The molecular formula is C13H19N3. The Morgan fingerprint density at radius 1 is 0.938 bits per heavy atom. The molecule has 0 radical (unpaired) electrons. The van der Waals surface area contributed by atoms with Crippen LogP contribution < -0.4 is 10.6 Å². The molecule has 0 aliphatic carbocycles. The van der Waals surface area contributed by atoms with Gasteiger partial charge < -0.3 is 10.6 Å². The van der Waals surface area contributed by atoms with Crippen LogP contribution in [0.2, 0.25) is 0 Å². The number of nitrogens with one attached hydrogen (secondary N) is 2. The van der Waals surface area contributed by atoms with E-state index < -0.39 is 0 Å². The molecule has 0 amide bonds. The van der Waals surface area contributed by atoms with E-state index in [2.05, 4.69) is 28.8 Å². The first-order chi connectivity index (χ1) is 7.93. The maximum atomic E-state index is 4.81. The van der Waals surface area contributed by atoms with E-state index in [1.807, 2.05) is 0 Å². The lowest BCUT2D eigenvalue weighted by Gasteiger charge is -2.14. The number of hydrogen-bond donors (Lipinski definition) is 2. The Kier molecular flexibility index (Phi) is 2.89. The number of pyridine rings is 1. The molecule has 1 aromatic rings. The zero-order chi connectivity index (χ0) is 10.8. The summed E-state index contributed by atoms with van der Waals surface area (Å²) < 4.78 is 0. The van der Waals surface area contributed by atoms with Gasteiger partial charge in [-0.05, 0) is 50.9 Å². The summed E-state index contributed by atoms with van der Waals surface area (Å²) in [6.07, 6.45) is 5.01. The van der Waals surface area contributed by atoms with Gasteiger partial charge in [0.15, 0.2) is 0 Å². The van der Waals surface area contributed by atoms with Crippen molar-refractivity contribution < 1.29 is 0 Å². The molecule has 0 bridgehead atoms. The first kappa shape index (κ1) is 10.2. The van der Waals surface area contributed by atoms with E-state index in [1.165, 1.54) is 37.1 Å². The SMILES string of the molecule is c1cc([C@@H]2CCCN2)nc([C@H]2CCCN2)c1. The summed E-state index contributed by atoms with van der Waals surface area (Å²) in [6.45, 7) is 2.27. The molecule has 86 valence electrons. The highest BCUT2D eigenvalue weighted by molar-refractivity contribution is 5.18. The van der Waals surface area contributed by atoms with Gasteiger partial charge in [0.2, 0.25) is 0 Å². The Bertz CT molecular complexity index is 321. The predicted molar refractivity (Wildman–Crippen MR) is 64.2 cm³/mol. The molecule has 0 spiro atoms. The Hall–Kier alpha value is -0.930. The molecule has 2 aliphatic heterocycles. The summed E-state index contributed by atoms with van der Waals surface area (Å²) in [4.78, 5) is 4.81. The molecule has 3 rings (SSSR count). The molecular weight excluding hydrogens is 198 g/mol. The zero-order valence-electron chi connectivity index (χ0n) is 9.58. The summed E-state index contributed by atoms with van der Waals surface area (Å²) in [7, 11) is 0. The second kappa shape index (κ2) is 4.52. The molecule has 2 fully saturated rings. The minimum atomic E-state index is 0.487. The van der Waals surface area contributed by atoms with Gasteiger partial charge in [-0.3, -0.25) is 4.98 Å². The quantitative estimate of drug-likeness (QED) is 0.795. The van der Waals surface area contributed by atoms with Crippen LogP contribution in [0.4, 0.5) is 0 Å². The lowest BCUT2D eigenvalue weighted by Crippen LogP contribution is -2.18. The van der Waals surface area contributed by atoms with Crippen LogP contribution in [0.15, 0.2) is 18.2 Å². The molecule has 2 N–H and O–H groups in total.